The highest BCUT2D eigenvalue weighted by atomic mass is 16.5. The van der Waals surface area contributed by atoms with Crippen LogP contribution in [-0.2, 0) is 16.6 Å². The first kappa shape index (κ1) is 18.7. The largest absolute Gasteiger partial charge is 0.492 e. The predicted octanol–water partition coefficient (Wildman–Crippen LogP) is 4.44. The van der Waals surface area contributed by atoms with Crippen LogP contribution in [0.15, 0.2) is 18.2 Å². The molecule has 1 aromatic carbocycles. The fraction of sp³-hybridized carbons (Fsp3) is 0.571. The molecule has 1 aliphatic heterocycles. The summed E-state index contributed by atoms with van der Waals surface area (Å²) in [5, 5.41) is 9.18. The summed E-state index contributed by atoms with van der Waals surface area (Å²) in [7, 11) is 0. The summed E-state index contributed by atoms with van der Waals surface area (Å²) < 4.78 is 5.97. The number of aryl methyl sites for hydroxylation is 1. The molecular formula is C21H30O3. The van der Waals surface area contributed by atoms with E-state index in [-0.39, 0.29) is 12.0 Å². The van der Waals surface area contributed by atoms with Crippen molar-refractivity contribution in [1.82, 2.24) is 0 Å². The van der Waals surface area contributed by atoms with Gasteiger partial charge in [-0.1, -0.05) is 33.3 Å². The molecule has 0 amide bonds. The normalized spacial score (nSPS) is 16.0. The second-order valence-electron chi connectivity index (χ2n) is 7.40. The average molecular weight is 330 g/mol. The van der Waals surface area contributed by atoms with Crippen LogP contribution < -0.4 is 4.74 Å². The van der Waals surface area contributed by atoms with Gasteiger partial charge in [0, 0.05) is 23.8 Å². The van der Waals surface area contributed by atoms with Crippen molar-refractivity contribution >= 4 is 11.4 Å². The highest BCUT2D eigenvalue weighted by Crippen LogP contribution is 2.42. The number of hydrogen-bond acceptors (Lipinski definition) is 3. The minimum atomic E-state index is -0.0220. The van der Waals surface area contributed by atoms with Crippen molar-refractivity contribution < 1.29 is 14.6 Å². The molecule has 0 spiro atoms. The SMILES string of the molecule is CCCCC(=O)CCc1cc(C(C)=CCO)cc2c1OCC2(C)C. The molecule has 0 aromatic heterocycles. The molecule has 1 N–H and O–H groups in total. The summed E-state index contributed by atoms with van der Waals surface area (Å²) in [6, 6.07) is 4.29. The number of aliphatic hydroxyl groups is 1. The molecule has 3 nitrogen and oxygen atoms in total. The van der Waals surface area contributed by atoms with Crippen molar-refractivity contribution in [3.63, 3.8) is 0 Å². The van der Waals surface area contributed by atoms with Crippen LogP contribution in [0.4, 0.5) is 0 Å². The second kappa shape index (κ2) is 7.98. The van der Waals surface area contributed by atoms with Crippen molar-refractivity contribution in [1.29, 1.82) is 0 Å². The lowest BCUT2D eigenvalue weighted by molar-refractivity contribution is -0.119. The molecule has 1 aliphatic rings. The highest BCUT2D eigenvalue weighted by molar-refractivity contribution is 5.79. The Morgan fingerprint density at radius 3 is 2.75 bits per heavy atom. The quantitative estimate of drug-likeness (QED) is 0.766. The number of allylic oxidation sites excluding steroid dienone is 1. The summed E-state index contributed by atoms with van der Waals surface area (Å²) in [6.07, 6.45) is 5.82. The fourth-order valence-corrected chi connectivity index (χ4v) is 3.13. The maximum absolute atomic E-state index is 12.0. The molecule has 0 atom stereocenters. The third kappa shape index (κ3) is 4.27. The van der Waals surface area contributed by atoms with Crippen LogP contribution >= 0.6 is 0 Å². The van der Waals surface area contributed by atoms with Crippen molar-refractivity contribution in [3.8, 4) is 5.75 Å². The lowest BCUT2D eigenvalue weighted by atomic mass is 9.83. The predicted molar refractivity (Wildman–Crippen MR) is 98.6 cm³/mol. The van der Waals surface area contributed by atoms with Gasteiger partial charge in [-0.25, -0.2) is 0 Å². The highest BCUT2D eigenvalue weighted by Gasteiger charge is 2.34. The number of unbranched alkanes of at least 4 members (excludes halogenated alkanes) is 1. The summed E-state index contributed by atoms with van der Waals surface area (Å²) >= 11 is 0. The van der Waals surface area contributed by atoms with E-state index in [9.17, 15) is 9.90 Å². The molecular weight excluding hydrogens is 300 g/mol. The van der Waals surface area contributed by atoms with E-state index in [2.05, 4.69) is 32.9 Å². The number of ether oxygens (including phenoxy) is 1. The van der Waals surface area contributed by atoms with E-state index in [0.717, 1.165) is 41.7 Å². The Kier molecular flexibility index (Phi) is 6.22. The van der Waals surface area contributed by atoms with Gasteiger partial charge in [-0.15, -0.1) is 0 Å². The van der Waals surface area contributed by atoms with Crippen LogP contribution in [-0.4, -0.2) is 24.1 Å². The van der Waals surface area contributed by atoms with Crippen molar-refractivity contribution in [3.05, 3.63) is 34.9 Å². The minimum absolute atomic E-state index is 0.0220. The monoisotopic (exact) mass is 330 g/mol. The Bertz CT molecular complexity index is 626. The maximum Gasteiger partial charge on any atom is 0.133 e. The number of carbonyl (C=O) groups excluding carboxylic acids is 1. The zero-order valence-corrected chi connectivity index (χ0v) is 15.4. The Morgan fingerprint density at radius 1 is 1.33 bits per heavy atom. The molecule has 24 heavy (non-hydrogen) atoms. The lowest BCUT2D eigenvalue weighted by Crippen LogP contribution is -2.18. The Labute approximate surface area is 145 Å². The van der Waals surface area contributed by atoms with E-state index in [1.165, 1.54) is 5.56 Å². The molecule has 3 heteroatoms. The minimum Gasteiger partial charge on any atom is -0.492 e. The van der Waals surface area contributed by atoms with E-state index in [1.807, 2.05) is 13.0 Å². The molecule has 0 saturated heterocycles. The molecule has 1 aromatic rings. The van der Waals surface area contributed by atoms with Gasteiger partial charge in [-0.2, -0.15) is 0 Å². The van der Waals surface area contributed by atoms with Gasteiger partial charge in [-0.3, -0.25) is 4.79 Å². The van der Waals surface area contributed by atoms with Gasteiger partial charge in [0.1, 0.15) is 11.5 Å². The first-order valence-electron chi connectivity index (χ1n) is 8.99. The van der Waals surface area contributed by atoms with E-state index >= 15 is 0 Å². The summed E-state index contributed by atoms with van der Waals surface area (Å²) in [5.41, 5.74) is 4.47. The van der Waals surface area contributed by atoms with E-state index in [1.54, 1.807) is 0 Å². The number of carbonyl (C=O) groups is 1. The first-order chi connectivity index (χ1) is 11.4. The molecule has 0 bridgehead atoms. The molecule has 2 rings (SSSR count). The van der Waals surface area contributed by atoms with Crippen LogP contribution in [0.2, 0.25) is 0 Å². The number of rotatable bonds is 8. The average Bonchev–Trinajstić information content (AvgIpc) is 2.86. The van der Waals surface area contributed by atoms with E-state index < -0.39 is 0 Å². The molecule has 1 heterocycles. The topological polar surface area (TPSA) is 46.5 Å². The Morgan fingerprint density at radius 2 is 2.08 bits per heavy atom. The first-order valence-corrected chi connectivity index (χ1v) is 8.99. The summed E-state index contributed by atoms with van der Waals surface area (Å²) in [5.74, 6) is 1.29. The standard InChI is InChI=1S/C21H30O3/c1-5-6-7-18(23)9-8-16-12-17(15(2)10-11-22)13-19-20(16)24-14-21(19,3)4/h10,12-13,22H,5-9,11,14H2,1-4H3. The van der Waals surface area contributed by atoms with Crippen LogP contribution in [0.1, 0.15) is 70.1 Å². The fourth-order valence-electron chi connectivity index (χ4n) is 3.13. The molecule has 0 saturated carbocycles. The number of fused-ring (bicyclic) bond motifs is 1. The van der Waals surface area contributed by atoms with Gasteiger partial charge in [0.25, 0.3) is 0 Å². The number of hydrogen-bond donors (Lipinski definition) is 1. The van der Waals surface area contributed by atoms with Crippen LogP contribution in [0.5, 0.6) is 5.75 Å². The van der Waals surface area contributed by atoms with Gasteiger partial charge in [-0.05, 0) is 48.6 Å². The summed E-state index contributed by atoms with van der Waals surface area (Å²) in [4.78, 5) is 12.0. The van der Waals surface area contributed by atoms with Crippen LogP contribution in [0.3, 0.4) is 0 Å². The van der Waals surface area contributed by atoms with Gasteiger partial charge >= 0.3 is 0 Å². The lowest BCUT2D eigenvalue weighted by Gasteiger charge is -2.17. The zero-order chi connectivity index (χ0) is 17.7. The van der Waals surface area contributed by atoms with Crippen molar-refractivity contribution in [2.45, 2.75) is 65.2 Å². The molecule has 0 fully saturated rings. The van der Waals surface area contributed by atoms with Gasteiger partial charge in [0.05, 0.1) is 13.2 Å². The third-order valence-electron chi connectivity index (χ3n) is 4.81. The van der Waals surface area contributed by atoms with Gasteiger partial charge in [0.2, 0.25) is 0 Å². The third-order valence-corrected chi connectivity index (χ3v) is 4.81. The van der Waals surface area contributed by atoms with Crippen LogP contribution in [0, 0.1) is 0 Å². The van der Waals surface area contributed by atoms with Crippen LogP contribution in [0.25, 0.3) is 5.57 Å². The maximum atomic E-state index is 12.0. The zero-order valence-electron chi connectivity index (χ0n) is 15.4. The number of Topliss-reactive ketones (excluding diaryl/α,β-unsaturated/α-hetero) is 1. The number of ketones is 1. The Hall–Kier alpha value is -1.61. The smallest absolute Gasteiger partial charge is 0.133 e. The second-order valence-corrected chi connectivity index (χ2v) is 7.40. The van der Waals surface area contributed by atoms with Gasteiger partial charge < -0.3 is 9.84 Å². The molecule has 132 valence electrons. The van der Waals surface area contributed by atoms with E-state index in [0.29, 0.717) is 25.2 Å². The number of aliphatic hydroxyl groups excluding tert-OH is 1. The van der Waals surface area contributed by atoms with Crippen molar-refractivity contribution in [2.75, 3.05) is 13.2 Å². The molecule has 0 unspecified atom stereocenters. The van der Waals surface area contributed by atoms with Crippen molar-refractivity contribution in [2.24, 2.45) is 0 Å². The van der Waals surface area contributed by atoms with Gasteiger partial charge in [0.15, 0.2) is 0 Å². The number of benzene rings is 1. The molecule has 0 radical (unpaired) electrons. The van der Waals surface area contributed by atoms with E-state index in [4.69, 9.17) is 4.74 Å². The molecule has 0 aliphatic carbocycles. The Balaban J connectivity index is 2.29. The summed E-state index contributed by atoms with van der Waals surface area (Å²) in [6.45, 7) is 9.19.